The van der Waals surface area contributed by atoms with Crippen LogP contribution in [0.5, 0.6) is 0 Å². The Morgan fingerprint density at radius 1 is 0.473 bits per heavy atom. The van der Waals surface area contributed by atoms with E-state index in [-0.39, 0.29) is 11.6 Å². The molecule has 55 heavy (non-hydrogen) atoms. The fourth-order valence-electron chi connectivity index (χ4n) is 8.51. The first kappa shape index (κ1) is 32.8. The molecule has 1 N–H and O–H groups in total. The molecule has 1 aliphatic carbocycles. The monoisotopic (exact) mass is 705 g/mol. The van der Waals surface area contributed by atoms with Gasteiger partial charge in [0.2, 0.25) is 0 Å². The van der Waals surface area contributed by atoms with Gasteiger partial charge in [-0.25, -0.2) is 9.98 Å². The predicted molar refractivity (Wildman–Crippen MR) is 230 cm³/mol. The minimum Gasteiger partial charge on any atom is -0.344 e. The van der Waals surface area contributed by atoms with E-state index < -0.39 is 0 Å². The van der Waals surface area contributed by atoms with Gasteiger partial charge in [0.1, 0.15) is 12.0 Å². The Labute approximate surface area is 322 Å². The zero-order chi connectivity index (χ0) is 36.9. The Bertz CT molecular complexity index is 2760. The molecule has 10 rings (SSSR count). The third kappa shape index (κ3) is 5.77. The van der Waals surface area contributed by atoms with Crippen LogP contribution in [0.3, 0.4) is 0 Å². The average molecular weight is 706 g/mol. The molecule has 0 bridgehead atoms. The topological polar surface area (TPSA) is 36.8 Å². The lowest BCUT2D eigenvalue weighted by Crippen LogP contribution is -2.33. The van der Waals surface area contributed by atoms with E-state index in [0.717, 1.165) is 28.4 Å². The van der Waals surface area contributed by atoms with Gasteiger partial charge in [0.25, 0.3) is 0 Å². The van der Waals surface area contributed by atoms with Gasteiger partial charge in [0.05, 0.1) is 0 Å². The van der Waals surface area contributed by atoms with Crippen LogP contribution < -0.4 is 5.32 Å². The zero-order valence-corrected chi connectivity index (χ0v) is 30.9. The van der Waals surface area contributed by atoms with E-state index in [2.05, 4.69) is 195 Å². The third-order valence-electron chi connectivity index (χ3n) is 11.3. The van der Waals surface area contributed by atoms with Gasteiger partial charge in [-0.15, -0.1) is 0 Å². The highest BCUT2D eigenvalue weighted by atomic mass is 15.2. The normalized spacial score (nSPS) is 15.4. The third-order valence-corrected chi connectivity index (χ3v) is 11.3. The summed E-state index contributed by atoms with van der Waals surface area (Å²) < 4.78 is 0. The molecule has 3 heteroatoms. The summed E-state index contributed by atoms with van der Waals surface area (Å²) >= 11 is 0. The molecule has 2 aliphatic rings. The molecular formula is C52H39N3. The number of hydrogen-bond acceptors (Lipinski definition) is 3. The molecule has 0 saturated carbocycles. The first-order valence-electron chi connectivity index (χ1n) is 19.0. The molecule has 0 radical (unpaired) electrons. The Morgan fingerprint density at radius 3 is 1.65 bits per heavy atom. The maximum absolute atomic E-state index is 5.25. The summed E-state index contributed by atoms with van der Waals surface area (Å²) in [5.74, 6) is 1.54. The molecule has 0 fully saturated rings. The van der Waals surface area contributed by atoms with Crippen molar-refractivity contribution in [3.63, 3.8) is 0 Å². The van der Waals surface area contributed by atoms with Crippen LogP contribution in [-0.2, 0) is 5.41 Å². The first-order chi connectivity index (χ1) is 27.0. The highest BCUT2D eigenvalue weighted by Gasteiger charge is 2.39. The van der Waals surface area contributed by atoms with Crippen molar-refractivity contribution in [1.29, 1.82) is 0 Å². The van der Waals surface area contributed by atoms with Gasteiger partial charge >= 0.3 is 0 Å². The number of nitrogens with zero attached hydrogens (tertiary/aromatic N) is 2. The van der Waals surface area contributed by atoms with Crippen molar-refractivity contribution in [3.8, 4) is 44.5 Å². The summed E-state index contributed by atoms with van der Waals surface area (Å²) in [5.41, 5.74) is 15.4. The molecule has 0 amide bonds. The van der Waals surface area contributed by atoms with Gasteiger partial charge in [-0.1, -0.05) is 190 Å². The second-order valence-electron chi connectivity index (χ2n) is 15.0. The number of fused-ring (bicyclic) bond motifs is 5. The van der Waals surface area contributed by atoms with Crippen molar-refractivity contribution in [1.82, 2.24) is 5.32 Å². The minimum atomic E-state index is -0.273. The Balaban J connectivity index is 1.09. The van der Waals surface area contributed by atoms with E-state index in [9.17, 15) is 0 Å². The first-order valence-corrected chi connectivity index (χ1v) is 19.0. The van der Waals surface area contributed by atoms with Gasteiger partial charge < -0.3 is 5.32 Å². The lowest BCUT2D eigenvalue weighted by atomic mass is 9.79. The molecule has 0 spiro atoms. The molecule has 1 aliphatic heterocycles. The molecule has 1 heterocycles. The Morgan fingerprint density at radius 2 is 1.00 bits per heavy atom. The van der Waals surface area contributed by atoms with Crippen LogP contribution in [0.2, 0.25) is 0 Å². The number of aliphatic imine (C=N–C) groups is 2. The fourth-order valence-corrected chi connectivity index (χ4v) is 8.51. The van der Waals surface area contributed by atoms with E-state index >= 15 is 0 Å². The lowest BCUT2D eigenvalue weighted by Gasteiger charge is -2.25. The zero-order valence-electron chi connectivity index (χ0n) is 30.9. The van der Waals surface area contributed by atoms with Crippen LogP contribution in [0, 0.1) is 0 Å². The van der Waals surface area contributed by atoms with Gasteiger partial charge in [0, 0.05) is 16.5 Å². The second-order valence-corrected chi connectivity index (χ2v) is 15.0. The summed E-state index contributed by atoms with van der Waals surface area (Å²) in [6.07, 6.45) is -0.273. The van der Waals surface area contributed by atoms with E-state index in [0.29, 0.717) is 0 Å². The fraction of sp³-hybridized carbons (Fsp3) is 0.0769. The van der Waals surface area contributed by atoms with Crippen molar-refractivity contribution in [2.24, 2.45) is 9.98 Å². The molecule has 262 valence electrons. The number of rotatable bonds is 6. The minimum absolute atomic E-state index is 0.258. The van der Waals surface area contributed by atoms with Gasteiger partial charge in [0.15, 0.2) is 5.84 Å². The van der Waals surface area contributed by atoms with Crippen molar-refractivity contribution in [2.75, 3.05) is 0 Å². The Kier molecular flexibility index (Phi) is 7.88. The quantitative estimate of drug-likeness (QED) is 0.184. The van der Waals surface area contributed by atoms with E-state index in [1.54, 1.807) is 0 Å². The summed E-state index contributed by atoms with van der Waals surface area (Å²) in [5, 5.41) is 6.20. The molecule has 1 atom stereocenters. The van der Waals surface area contributed by atoms with Crippen LogP contribution in [0.1, 0.15) is 47.8 Å². The van der Waals surface area contributed by atoms with Crippen molar-refractivity contribution >= 4 is 22.4 Å². The molecule has 8 aromatic rings. The summed E-state index contributed by atoms with van der Waals surface area (Å²) in [4.78, 5) is 10.5. The van der Waals surface area contributed by atoms with Gasteiger partial charge in [-0.2, -0.15) is 0 Å². The van der Waals surface area contributed by atoms with Crippen molar-refractivity contribution < 1.29 is 0 Å². The highest BCUT2D eigenvalue weighted by molar-refractivity contribution is 6.14. The van der Waals surface area contributed by atoms with Crippen LogP contribution in [0.25, 0.3) is 55.3 Å². The maximum atomic E-state index is 5.25. The van der Waals surface area contributed by atoms with Crippen LogP contribution in [0.4, 0.5) is 0 Å². The van der Waals surface area contributed by atoms with Gasteiger partial charge in [-0.05, 0) is 84.1 Å². The number of nitrogens with one attached hydrogen (secondary N) is 1. The predicted octanol–water partition coefficient (Wildman–Crippen LogP) is 12.6. The molecule has 8 aromatic carbocycles. The molecule has 0 aromatic heterocycles. The number of hydrogen-bond donors (Lipinski definition) is 1. The maximum Gasteiger partial charge on any atom is 0.159 e. The van der Waals surface area contributed by atoms with Crippen LogP contribution in [0.15, 0.2) is 198 Å². The Hall–Kier alpha value is -6.84. The van der Waals surface area contributed by atoms with Crippen LogP contribution in [-0.4, -0.2) is 11.7 Å². The van der Waals surface area contributed by atoms with E-state index in [1.165, 1.54) is 66.4 Å². The summed E-state index contributed by atoms with van der Waals surface area (Å²) in [6.45, 7) is 4.74. The standard InChI is InChI=1S/C52H39N3/c1-52(2)46-33-42(51-54-49(39-18-10-5-11-19-39)53-50(55-51)40-28-24-37(25-29-40)35-16-8-4-9-17-35)30-31-44(46)47-45(32-41-20-12-13-21-43(41)48(47)52)38-26-22-36(23-27-38)34-14-6-3-7-15-34/h3-33,49H,1-2H3,(H,53,54,55). The number of benzene rings is 8. The van der Waals surface area contributed by atoms with Crippen molar-refractivity contribution in [2.45, 2.75) is 25.4 Å². The molecule has 3 nitrogen and oxygen atoms in total. The summed E-state index contributed by atoms with van der Waals surface area (Å²) in [7, 11) is 0. The molecule has 1 unspecified atom stereocenters. The van der Waals surface area contributed by atoms with E-state index in [1.807, 2.05) is 12.1 Å². The van der Waals surface area contributed by atoms with E-state index in [4.69, 9.17) is 9.98 Å². The molecular weight excluding hydrogens is 667 g/mol. The van der Waals surface area contributed by atoms with Crippen molar-refractivity contribution in [3.05, 3.63) is 216 Å². The van der Waals surface area contributed by atoms with Crippen LogP contribution >= 0.6 is 0 Å². The second kappa shape index (κ2) is 13.2. The number of amidine groups is 2. The largest absolute Gasteiger partial charge is 0.344 e. The lowest BCUT2D eigenvalue weighted by molar-refractivity contribution is 0.665. The smallest absolute Gasteiger partial charge is 0.159 e. The summed E-state index contributed by atoms with van der Waals surface area (Å²) in [6, 6.07) is 67.3. The molecule has 0 saturated heterocycles. The average Bonchev–Trinajstić information content (AvgIpc) is 3.50. The van der Waals surface area contributed by atoms with Gasteiger partial charge in [-0.3, -0.25) is 0 Å². The highest BCUT2D eigenvalue weighted by Crippen LogP contribution is 2.55. The SMILES string of the molecule is CC1(C)c2cc(C3=NC(c4ccccc4)NC(c4ccc(-c5ccccc5)cc4)=N3)ccc2-c2c(-c3ccc(-c4ccccc4)cc3)cc3ccccc3c21.